The summed E-state index contributed by atoms with van der Waals surface area (Å²) in [5.41, 5.74) is 0.710. The number of carboxylic acid groups (broad SMARTS) is 1. The second-order valence-corrected chi connectivity index (χ2v) is 2.56. The first-order valence-corrected chi connectivity index (χ1v) is 4.02. The molecule has 0 aliphatic rings. The molecule has 1 atom stereocenters. The zero-order chi connectivity index (χ0) is 11.0. The summed E-state index contributed by atoms with van der Waals surface area (Å²) in [7, 11) is 0. The SMILES string of the molecule is C=C/C=C(\C=C)C[C@H](NC=O)C(=O)O. The number of hydrogen-bond acceptors (Lipinski definition) is 2. The molecule has 0 heterocycles. The molecule has 4 heteroatoms. The molecule has 0 aliphatic heterocycles. The van der Waals surface area contributed by atoms with E-state index in [4.69, 9.17) is 5.11 Å². The van der Waals surface area contributed by atoms with Gasteiger partial charge in [-0.25, -0.2) is 4.79 Å². The second-order valence-electron chi connectivity index (χ2n) is 2.56. The Morgan fingerprint density at radius 2 is 2.14 bits per heavy atom. The average molecular weight is 195 g/mol. The standard InChI is InChI=1S/C10H13NO3/c1-3-5-8(4-2)6-9(10(13)14)11-7-12/h3-5,7,9H,1-2,6H2,(H,11,12)(H,13,14)/b8-5+/t9-/m0/s1. The van der Waals surface area contributed by atoms with Crippen LogP contribution in [0.25, 0.3) is 0 Å². The maximum Gasteiger partial charge on any atom is 0.326 e. The third kappa shape index (κ3) is 4.25. The topological polar surface area (TPSA) is 66.4 Å². The summed E-state index contributed by atoms with van der Waals surface area (Å²) in [5.74, 6) is -1.08. The zero-order valence-corrected chi connectivity index (χ0v) is 7.77. The van der Waals surface area contributed by atoms with Gasteiger partial charge in [0.25, 0.3) is 0 Å². The van der Waals surface area contributed by atoms with E-state index >= 15 is 0 Å². The molecule has 0 aromatic rings. The highest BCUT2D eigenvalue weighted by molar-refractivity contribution is 5.76. The van der Waals surface area contributed by atoms with Crippen LogP contribution in [0.2, 0.25) is 0 Å². The monoisotopic (exact) mass is 195 g/mol. The van der Waals surface area contributed by atoms with Crippen molar-refractivity contribution in [3.63, 3.8) is 0 Å². The Balaban J connectivity index is 4.47. The molecule has 1 amide bonds. The predicted molar refractivity (Wildman–Crippen MR) is 53.7 cm³/mol. The third-order valence-electron chi connectivity index (χ3n) is 1.60. The number of allylic oxidation sites excluding steroid dienone is 3. The Bertz CT molecular complexity index is 269. The fraction of sp³-hybridized carbons (Fsp3) is 0.200. The molecular formula is C10H13NO3. The van der Waals surface area contributed by atoms with Gasteiger partial charge in [-0.2, -0.15) is 0 Å². The molecule has 0 bridgehead atoms. The molecule has 0 unspecified atom stereocenters. The van der Waals surface area contributed by atoms with Crippen LogP contribution in [0.3, 0.4) is 0 Å². The summed E-state index contributed by atoms with van der Waals surface area (Å²) in [6.07, 6.45) is 5.29. The van der Waals surface area contributed by atoms with E-state index in [1.165, 1.54) is 12.2 Å². The van der Waals surface area contributed by atoms with Crippen LogP contribution in [0.15, 0.2) is 37.0 Å². The largest absolute Gasteiger partial charge is 0.480 e. The summed E-state index contributed by atoms with van der Waals surface area (Å²) in [4.78, 5) is 20.7. The van der Waals surface area contributed by atoms with Crippen LogP contribution in [0, 0.1) is 0 Å². The number of amides is 1. The van der Waals surface area contributed by atoms with Crippen molar-refractivity contribution in [2.24, 2.45) is 0 Å². The van der Waals surface area contributed by atoms with Crippen molar-refractivity contribution in [3.8, 4) is 0 Å². The predicted octanol–water partition coefficient (Wildman–Crippen LogP) is 0.874. The molecule has 0 spiro atoms. The van der Waals surface area contributed by atoms with Crippen LogP contribution in [0.5, 0.6) is 0 Å². The molecule has 76 valence electrons. The number of carbonyl (C=O) groups is 2. The van der Waals surface area contributed by atoms with E-state index in [0.717, 1.165) is 0 Å². The lowest BCUT2D eigenvalue weighted by Gasteiger charge is -2.10. The van der Waals surface area contributed by atoms with Crippen molar-refractivity contribution in [2.45, 2.75) is 12.5 Å². The first kappa shape index (κ1) is 12.2. The van der Waals surface area contributed by atoms with E-state index in [9.17, 15) is 9.59 Å². The van der Waals surface area contributed by atoms with Gasteiger partial charge in [-0.3, -0.25) is 4.79 Å². The van der Waals surface area contributed by atoms with Gasteiger partial charge in [-0.15, -0.1) is 0 Å². The van der Waals surface area contributed by atoms with Gasteiger partial charge < -0.3 is 10.4 Å². The molecule has 14 heavy (non-hydrogen) atoms. The molecule has 0 radical (unpaired) electrons. The van der Waals surface area contributed by atoms with Crippen LogP contribution in [-0.4, -0.2) is 23.5 Å². The zero-order valence-electron chi connectivity index (χ0n) is 7.77. The highest BCUT2D eigenvalue weighted by atomic mass is 16.4. The van der Waals surface area contributed by atoms with Gasteiger partial charge in [0.1, 0.15) is 6.04 Å². The van der Waals surface area contributed by atoms with Crippen molar-refractivity contribution >= 4 is 12.4 Å². The minimum absolute atomic E-state index is 0.198. The van der Waals surface area contributed by atoms with E-state index in [1.54, 1.807) is 6.08 Å². The first-order valence-electron chi connectivity index (χ1n) is 4.02. The molecular weight excluding hydrogens is 182 g/mol. The van der Waals surface area contributed by atoms with Crippen LogP contribution in [-0.2, 0) is 9.59 Å². The lowest BCUT2D eigenvalue weighted by molar-refractivity contribution is -0.140. The Morgan fingerprint density at radius 3 is 2.50 bits per heavy atom. The van der Waals surface area contributed by atoms with E-state index in [0.29, 0.717) is 12.0 Å². The van der Waals surface area contributed by atoms with Crippen molar-refractivity contribution in [2.75, 3.05) is 0 Å². The van der Waals surface area contributed by atoms with Crippen molar-refractivity contribution in [3.05, 3.63) is 37.0 Å². The summed E-state index contributed by atoms with van der Waals surface area (Å²) in [6.45, 7) is 7.01. The normalized spacial score (nSPS) is 12.7. The number of hydrogen-bond donors (Lipinski definition) is 2. The van der Waals surface area contributed by atoms with Crippen molar-refractivity contribution < 1.29 is 14.7 Å². The van der Waals surface area contributed by atoms with Gasteiger partial charge in [0.05, 0.1) is 0 Å². The fourth-order valence-corrected chi connectivity index (χ4v) is 0.906. The maximum atomic E-state index is 10.6. The van der Waals surface area contributed by atoms with Gasteiger partial charge in [-0.05, 0) is 5.57 Å². The minimum atomic E-state index is -1.08. The summed E-state index contributed by atoms with van der Waals surface area (Å²) >= 11 is 0. The number of carboxylic acids is 1. The van der Waals surface area contributed by atoms with Crippen LogP contribution >= 0.6 is 0 Å². The summed E-state index contributed by atoms with van der Waals surface area (Å²) in [5, 5.41) is 10.9. The Kier molecular flexibility index (Phi) is 5.78. The lowest BCUT2D eigenvalue weighted by atomic mass is 10.1. The van der Waals surface area contributed by atoms with Crippen LogP contribution in [0.4, 0.5) is 0 Å². The quantitative estimate of drug-likeness (QED) is 0.468. The highest BCUT2D eigenvalue weighted by Gasteiger charge is 2.16. The number of carbonyl (C=O) groups excluding carboxylic acids is 1. The van der Waals surface area contributed by atoms with Crippen LogP contribution < -0.4 is 5.32 Å². The van der Waals surface area contributed by atoms with E-state index in [1.807, 2.05) is 0 Å². The van der Waals surface area contributed by atoms with Crippen molar-refractivity contribution in [1.29, 1.82) is 0 Å². The van der Waals surface area contributed by atoms with Gasteiger partial charge in [0.2, 0.25) is 6.41 Å². The molecule has 0 fully saturated rings. The van der Waals surface area contributed by atoms with E-state index < -0.39 is 12.0 Å². The van der Waals surface area contributed by atoms with E-state index in [-0.39, 0.29) is 6.42 Å². The molecule has 0 saturated carbocycles. The minimum Gasteiger partial charge on any atom is -0.480 e. The molecule has 0 saturated heterocycles. The Hall–Kier alpha value is -1.84. The molecule has 2 N–H and O–H groups in total. The fourth-order valence-electron chi connectivity index (χ4n) is 0.906. The smallest absolute Gasteiger partial charge is 0.326 e. The summed E-state index contributed by atoms with van der Waals surface area (Å²) < 4.78 is 0. The highest BCUT2D eigenvalue weighted by Crippen LogP contribution is 2.06. The van der Waals surface area contributed by atoms with Crippen LogP contribution in [0.1, 0.15) is 6.42 Å². The van der Waals surface area contributed by atoms with E-state index in [2.05, 4.69) is 18.5 Å². The Morgan fingerprint density at radius 1 is 1.50 bits per heavy atom. The first-order chi connectivity index (χ1) is 6.65. The van der Waals surface area contributed by atoms with Gasteiger partial charge in [0, 0.05) is 6.42 Å². The third-order valence-corrected chi connectivity index (χ3v) is 1.60. The number of aliphatic carboxylic acids is 1. The number of rotatable bonds is 7. The molecule has 0 aliphatic carbocycles. The summed E-state index contributed by atoms with van der Waals surface area (Å²) in [6, 6.07) is -0.920. The molecule has 0 aromatic carbocycles. The average Bonchev–Trinajstić information content (AvgIpc) is 2.15. The van der Waals surface area contributed by atoms with Gasteiger partial charge in [0.15, 0.2) is 0 Å². The van der Waals surface area contributed by atoms with Gasteiger partial charge in [-0.1, -0.05) is 31.4 Å². The lowest BCUT2D eigenvalue weighted by Crippen LogP contribution is -2.35. The Labute approximate surface area is 82.6 Å². The van der Waals surface area contributed by atoms with Gasteiger partial charge >= 0.3 is 5.97 Å². The molecule has 4 nitrogen and oxygen atoms in total. The number of nitrogens with one attached hydrogen (secondary N) is 1. The second kappa shape index (κ2) is 6.65. The molecule has 0 rings (SSSR count). The maximum absolute atomic E-state index is 10.6. The molecule has 0 aromatic heterocycles. The van der Waals surface area contributed by atoms with Crippen molar-refractivity contribution in [1.82, 2.24) is 5.32 Å².